The summed E-state index contributed by atoms with van der Waals surface area (Å²) in [4.78, 5) is 1.53. The van der Waals surface area contributed by atoms with Gasteiger partial charge in [0.15, 0.2) is 0 Å². The van der Waals surface area contributed by atoms with Crippen LogP contribution in [-0.4, -0.2) is 0 Å². The predicted octanol–water partition coefficient (Wildman–Crippen LogP) is 3.96. The Morgan fingerprint density at radius 1 is 1.45 bits per heavy atom. The minimum Gasteiger partial charge on any atom is -0.103 e. The van der Waals surface area contributed by atoms with Crippen molar-refractivity contribution < 1.29 is 0 Å². The highest BCUT2D eigenvalue weighted by molar-refractivity contribution is 8.05. The number of rotatable bonds is 1. The summed E-state index contributed by atoms with van der Waals surface area (Å²) in [6.45, 7) is 6.85. The van der Waals surface area contributed by atoms with Gasteiger partial charge in [-0.25, -0.2) is 0 Å². The molecule has 0 nitrogen and oxygen atoms in total. The van der Waals surface area contributed by atoms with Crippen molar-refractivity contribution in [2.24, 2.45) is 5.41 Å². The van der Waals surface area contributed by atoms with E-state index < -0.39 is 0 Å². The normalized spacial score (nSPS) is 18.3. The quantitative estimate of drug-likeness (QED) is 0.571. The fraction of sp³-hybridized carbons (Fsp3) is 0.600. The SMILES string of the molecule is CC(C)(C)CC1=CCC=CS1. The summed E-state index contributed by atoms with van der Waals surface area (Å²) in [6.07, 6.45) is 6.87. The van der Waals surface area contributed by atoms with E-state index in [2.05, 4.69) is 38.3 Å². The molecule has 0 aromatic rings. The Morgan fingerprint density at radius 2 is 2.18 bits per heavy atom. The van der Waals surface area contributed by atoms with Gasteiger partial charge in [-0.3, -0.25) is 0 Å². The molecule has 1 heterocycles. The molecule has 11 heavy (non-hydrogen) atoms. The number of hydrogen-bond acceptors (Lipinski definition) is 1. The summed E-state index contributed by atoms with van der Waals surface area (Å²) in [5, 5.41) is 2.20. The second-order valence-corrected chi connectivity index (χ2v) is 5.17. The molecule has 0 saturated carbocycles. The molecule has 1 rings (SSSR count). The van der Waals surface area contributed by atoms with Gasteiger partial charge in [0.2, 0.25) is 0 Å². The highest BCUT2D eigenvalue weighted by Crippen LogP contribution is 2.33. The number of hydrogen-bond donors (Lipinski definition) is 0. The van der Waals surface area contributed by atoms with Gasteiger partial charge < -0.3 is 0 Å². The van der Waals surface area contributed by atoms with Crippen molar-refractivity contribution in [3.63, 3.8) is 0 Å². The van der Waals surface area contributed by atoms with E-state index in [0.29, 0.717) is 5.41 Å². The summed E-state index contributed by atoms with van der Waals surface area (Å²) in [7, 11) is 0. The van der Waals surface area contributed by atoms with Crippen LogP contribution in [0.25, 0.3) is 0 Å². The van der Waals surface area contributed by atoms with Crippen molar-refractivity contribution in [2.75, 3.05) is 0 Å². The zero-order chi connectivity index (χ0) is 8.32. The third kappa shape index (κ3) is 3.66. The van der Waals surface area contributed by atoms with Gasteiger partial charge in [-0.2, -0.15) is 0 Å². The van der Waals surface area contributed by atoms with Crippen LogP contribution >= 0.6 is 11.8 Å². The van der Waals surface area contributed by atoms with Crippen LogP contribution in [-0.2, 0) is 0 Å². The molecule has 0 aromatic heterocycles. The van der Waals surface area contributed by atoms with E-state index in [0.717, 1.165) is 6.42 Å². The second kappa shape index (κ2) is 3.48. The lowest BCUT2D eigenvalue weighted by atomic mass is 9.92. The van der Waals surface area contributed by atoms with Crippen LogP contribution in [0.3, 0.4) is 0 Å². The van der Waals surface area contributed by atoms with Crippen molar-refractivity contribution in [2.45, 2.75) is 33.6 Å². The van der Waals surface area contributed by atoms with Gasteiger partial charge in [0.25, 0.3) is 0 Å². The molecule has 1 heteroatoms. The van der Waals surface area contributed by atoms with Crippen LogP contribution in [0.15, 0.2) is 22.5 Å². The molecule has 0 saturated heterocycles. The summed E-state index contributed by atoms with van der Waals surface area (Å²) in [6, 6.07) is 0. The van der Waals surface area contributed by atoms with Crippen LogP contribution in [0.4, 0.5) is 0 Å². The third-order valence-corrected chi connectivity index (χ3v) is 2.44. The molecule has 0 radical (unpaired) electrons. The molecule has 0 aromatic carbocycles. The zero-order valence-corrected chi connectivity index (χ0v) is 8.37. The Labute approximate surface area is 73.8 Å². The average molecular weight is 168 g/mol. The van der Waals surface area contributed by atoms with Crippen molar-refractivity contribution in [1.82, 2.24) is 0 Å². The van der Waals surface area contributed by atoms with Crippen LogP contribution < -0.4 is 0 Å². The van der Waals surface area contributed by atoms with Crippen molar-refractivity contribution in [3.05, 3.63) is 22.5 Å². The largest absolute Gasteiger partial charge is 0.103 e. The third-order valence-electron chi connectivity index (χ3n) is 1.50. The Balaban J connectivity index is 2.44. The van der Waals surface area contributed by atoms with Gasteiger partial charge in [-0.1, -0.05) is 32.9 Å². The first kappa shape index (κ1) is 8.92. The number of thioether (sulfide) groups is 1. The maximum Gasteiger partial charge on any atom is -0.0140 e. The molecule has 0 aliphatic carbocycles. The fourth-order valence-corrected chi connectivity index (χ4v) is 2.17. The minimum absolute atomic E-state index is 0.435. The Kier molecular flexibility index (Phi) is 2.83. The molecule has 0 N–H and O–H groups in total. The first-order valence-corrected chi connectivity index (χ1v) is 4.97. The molecule has 0 amide bonds. The molecule has 0 atom stereocenters. The minimum atomic E-state index is 0.435. The van der Waals surface area contributed by atoms with E-state index >= 15 is 0 Å². The smallest absolute Gasteiger partial charge is 0.0140 e. The molecular formula is C10H16S. The van der Waals surface area contributed by atoms with Crippen molar-refractivity contribution in [3.8, 4) is 0 Å². The second-order valence-electron chi connectivity index (χ2n) is 4.13. The Hall–Kier alpha value is -0.170. The zero-order valence-electron chi connectivity index (χ0n) is 7.55. The topological polar surface area (TPSA) is 0 Å². The summed E-state index contributed by atoms with van der Waals surface area (Å²) in [5.41, 5.74) is 0.435. The molecule has 1 aliphatic rings. The van der Waals surface area contributed by atoms with E-state index in [1.807, 2.05) is 11.8 Å². The number of allylic oxidation sites excluding steroid dienone is 3. The average Bonchev–Trinajstić information content (AvgIpc) is 1.85. The monoisotopic (exact) mass is 168 g/mol. The molecule has 0 bridgehead atoms. The van der Waals surface area contributed by atoms with Gasteiger partial charge >= 0.3 is 0 Å². The highest BCUT2D eigenvalue weighted by atomic mass is 32.2. The van der Waals surface area contributed by atoms with Crippen molar-refractivity contribution in [1.29, 1.82) is 0 Å². The molecule has 0 fully saturated rings. The van der Waals surface area contributed by atoms with Crippen molar-refractivity contribution >= 4 is 11.8 Å². The van der Waals surface area contributed by atoms with E-state index in [4.69, 9.17) is 0 Å². The molecule has 1 aliphatic heterocycles. The van der Waals surface area contributed by atoms with Gasteiger partial charge in [0.1, 0.15) is 0 Å². The van der Waals surface area contributed by atoms with Crippen LogP contribution in [0.5, 0.6) is 0 Å². The van der Waals surface area contributed by atoms with Crippen LogP contribution in [0, 0.1) is 5.41 Å². The van der Waals surface area contributed by atoms with E-state index in [9.17, 15) is 0 Å². The summed E-state index contributed by atoms with van der Waals surface area (Å²) < 4.78 is 0. The lowest BCUT2D eigenvalue weighted by molar-refractivity contribution is 0.417. The molecular weight excluding hydrogens is 152 g/mol. The first-order chi connectivity index (χ1) is 5.08. The van der Waals surface area contributed by atoms with E-state index in [1.54, 1.807) is 0 Å². The fourth-order valence-electron chi connectivity index (χ4n) is 1.08. The Morgan fingerprint density at radius 3 is 2.64 bits per heavy atom. The molecule has 0 spiro atoms. The van der Waals surface area contributed by atoms with Gasteiger partial charge in [-0.05, 0) is 28.6 Å². The van der Waals surface area contributed by atoms with Gasteiger partial charge in [0.05, 0.1) is 0 Å². The van der Waals surface area contributed by atoms with Crippen LogP contribution in [0.1, 0.15) is 33.6 Å². The lowest BCUT2D eigenvalue weighted by Gasteiger charge is -2.20. The summed E-state index contributed by atoms with van der Waals surface area (Å²) >= 11 is 1.87. The van der Waals surface area contributed by atoms with Gasteiger partial charge in [-0.15, -0.1) is 11.8 Å². The van der Waals surface area contributed by atoms with Gasteiger partial charge in [0, 0.05) is 0 Å². The Bertz CT molecular complexity index is 182. The molecule has 0 unspecified atom stereocenters. The van der Waals surface area contributed by atoms with Crippen LogP contribution in [0.2, 0.25) is 0 Å². The lowest BCUT2D eigenvalue weighted by Crippen LogP contribution is -2.05. The predicted molar refractivity (Wildman–Crippen MR) is 53.5 cm³/mol. The van der Waals surface area contributed by atoms with E-state index in [-0.39, 0.29) is 0 Å². The highest BCUT2D eigenvalue weighted by Gasteiger charge is 2.13. The first-order valence-electron chi connectivity index (χ1n) is 4.09. The molecule has 62 valence electrons. The maximum atomic E-state index is 2.33. The summed E-state index contributed by atoms with van der Waals surface area (Å²) in [5.74, 6) is 0. The van der Waals surface area contributed by atoms with E-state index in [1.165, 1.54) is 11.3 Å². The standard InChI is InChI=1S/C10H16S/c1-10(2,3)8-9-6-4-5-7-11-9/h5-7H,4,8H2,1-3H3. The maximum absolute atomic E-state index is 2.33.